The number of amides is 2. The maximum Gasteiger partial charge on any atom is 0.338 e. The van der Waals surface area contributed by atoms with Gasteiger partial charge in [-0.05, 0) is 50.2 Å². The molecule has 0 radical (unpaired) electrons. The molecule has 0 bridgehead atoms. The van der Waals surface area contributed by atoms with Crippen LogP contribution in [0.25, 0.3) is 0 Å². The molecule has 0 saturated carbocycles. The Morgan fingerprint density at radius 1 is 0.926 bits per heavy atom. The van der Waals surface area contributed by atoms with E-state index in [4.69, 9.17) is 14.2 Å². The Kier molecular flexibility index (Phi) is 7.96. The zero-order chi connectivity index (χ0) is 19.5. The summed E-state index contributed by atoms with van der Waals surface area (Å²) in [7, 11) is 0. The van der Waals surface area contributed by atoms with Crippen LogP contribution >= 0.6 is 0 Å². The van der Waals surface area contributed by atoms with Crippen LogP contribution in [0.3, 0.4) is 0 Å². The molecule has 0 heterocycles. The smallest absolute Gasteiger partial charge is 0.338 e. The van der Waals surface area contributed by atoms with E-state index in [9.17, 15) is 9.59 Å². The standard InChI is InChI=1S/C20H24N2O5/c1-3-25-17-6-5-7-18(14-17)27-13-12-21-20(24)22-16-10-8-15(9-11-16)19(23)26-4-2/h5-11,14H,3-4,12-13H2,1-2H3,(H2,21,22,24). The molecule has 0 fully saturated rings. The monoisotopic (exact) mass is 372 g/mol. The first-order valence-corrected chi connectivity index (χ1v) is 8.80. The van der Waals surface area contributed by atoms with Crippen LogP contribution in [0.5, 0.6) is 11.5 Å². The Labute approximate surface area is 158 Å². The maximum atomic E-state index is 11.9. The Hall–Kier alpha value is -3.22. The van der Waals surface area contributed by atoms with Crippen molar-refractivity contribution in [2.75, 3.05) is 31.7 Å². The normalized spacial score (nSPS) is 10.0. The number of ether oxygens (including phenoxy) is 3. The third-order valence-corrected chi connectivity index (χ3v) is 3.43. The van der Waals surface area contributed by atoms with E-state index in [-0.39, 0.29) is 12.0 Å². The fourth-order valence-corrected chi connectivity index (χ4v) is 2.23. The molecule has 7 nitrogen and oxygen atoms in total. The van der Waals surface area contributed by atoms with Gasteiger partial charge in [0.25, 0.3) is 0 Å². The summed E-state index contributed by atoms with van der Waals surface area (Å²) in [5, 5.41) is 5.39. The summed E-state index contributed by atoms with van der Waals surface area (Å²) in [5.74, 6) is 1.03. The Morgan fingerprint density at radius 2 is 1.63 bits per heavy atom. The molecule has 2 amide bonds. The number of carbonyl (C=O) groups excluding carboxylic acids is 2. The minimum absolute atomic E-state index is 0.319. The fraction of sp³-hybridized carbons (Fsp3) is 0.300. The van der Waals surface area contributed by atoms with Gasteiger partial charge in [-0.15, -0.1) is 0 Å². The molecule has 0 saturated heterocycles. The van der Waals surface area contributed by atoms with Gasteiger partial charge in [-0.3, -0.25) is 0 Å². The lowest BCUT2D eigenvalue weighted by Crippen LogP contribution is -2.32. The Bertz CT molecular complexity index is 746. The van der Waals surface area contributed by atoms with Crippen molar-refractivity contribution in [2.24, 2.45) is 0 Å². The van der Waals surface area contributed by atoms with E-state index in [1.807, 2.05) is 25.1 Å². The second-order valence-electron chi connectivity index (χ2n) is 5.44. The van der Waals surface area contributed by atoms with Crippen LogP contribution in [0.4, 0.5) is 10.5 Å². The number of hydrogen-bond acceptors (Lipinski definition) is 5. The van der Waals surface area contributed by atoms with Gasteiger partial charge in [0.05, 0.1) is 25.3 Å². The van der Waals surface area contributed by atoms with Crippen molar-refractivity contribution in [2.45, 2.75) is 13.8 Å². The topological polar surface area (TPSA) is 85.9 Å². The first-order chi connectivity index (χ1) is 13.1. The van der Waals surface area contributed by atoms with Gasteiger partial charge in [0.15, 0.2) is 0 Å². The van der Waals surface area contributed by atoms with Crippen molar-refractivity contribution < 1.29 is 23.8 Å². The first kappa shape index (κ1) is 20.1. The second-order valence-corrected chi connectivity index (χ2v) is 5.44. The Balaban J connectivity index is 1.71. The third kappa shape index (κ3) is 6.89. The molecule has 27 heavy (non-hydrogen) atoms. The quantitative estimate of drug-likeness (QED) is 0.520. The van der Waals surface area contributed by atoms with E-state index >= 15 is 0 Å². The number of urea groups is 1. The molecule has 0 aliphatic rings. The maximum absolute atomic E-state index is 11.9. The summed E-state index contributed by atoms with van der Waals surface area (Å²) < 4.78 is 15.9. The van der Waals surface area contributed by atoms with E-state index in [1.165, 1.54) is 0 Å². The van der Waals surface area contributed by atoms with Gasteiger partial charge < -0.3 is 24.8 Å². The Morgan fingerprint density at radius 3 is 2.30 bits per heavy atom. The first-order valence-electron chi connectivity index (χ1n) is 8.80. The minimum atomic E-state index is -0.390. The zero-order valence-corrected chi connectivity index (χ0v) is 15.5. The van der Waals surface area contributed by atoms with E-state index in [0.29, 0.717) is 43.4 Å². The number of anilines is 1. The molecule has 0 atom stereocenters. The van der Waals surface area contributed by atoms with Crippen LogP contribution in [0.1, 0.15) is 24.2 Å². The molecular weight excluding hydrogens is 348 g/mol. The molecule has 7 heteroatoms. The van der Waals surface area contributed by atoms with Gasteiger partial charge in [0.2, 0.25) is 0 Å². The highest BCUT2D eigenvalue weighted by Gasteiger charge is 2.07. The van der Waals surface area contributed by atoms with Crippen molar-refractivity contribution in [3.05, 3.63) is 54.1 Å². The predicted molar refractivity (Wildman–Crippen MR) is 103 cm³/mol. The number of benzene rings is 2. The molecule has 0 spiro atoms. The van der Waals surface area contributed by atoms with E-state index < -0.39 is 0 Å². The van der Waals surface area contributed by atoms with Gasteiger partial charge >= 0.3 is 12.0 Å². The summed E-state index contributed by atoms with van der Waals surface area (Å²) in [6, 6.07) is 13.5. The zero-order valence-electron chi connectivity index (χ0n) is 15.5. The third-order valence-electron chi connectivity index (χ3n) is 3.43. The van der Waals surface area contributed by atoms with Crippen molar-refractivity contribution >= 4 is 17.7 Å². The summed E-state index contributed by atoms with van der Waals surface area (Å²) in [6.07, 6.45) is 0. The molecule has 144 valence electrons. The molecule has 2 aromatic rings. The average Bonchev–Trinajstić information content (AvgIpc) is 2.67. The van der Waals surface area contributed by atoms with Gasteiger partial charge in [0.1, 0.15) is 18.1 Å². The molecule has 0 aromatic heterocycles. The van der Waals surface area contributed by atoms with Gasteiger partial charge in [-0.25, -0.2) is 9.59 Å². The summed E-state index contributed by atoms with van der Waals surface area (Å²) in [5.41, 5.74) is 1.01. The van der Waals surface area contributed by atoms with Crippen LogP contribution < -0.4 is 20.1 Å². The lowest BCUT2D eigenvalue weighted by molar-refractivity contribution is 0.0526. The van der Waals surface area contributed by atoms with Gasteiger partial charge in [-0.1, -0.05) is 6.07 Å². The number of esters is 1. The molecule has 0 aliphatic heterocycles. The van der Waals surface area contributed by atoms with Crippen molar-refractivity contribution in [3.63, 3.8) is 0 Å². The average molecular weight is 372 g/mol. The van der Waals surface area contributed by atoms with Crippen LogP contribution in [0, 0.1) is 0 Å². The summed E-state index contributed by atoms with van der Waals surface area (Å²) >= 11 is 0. The largest absolute Gasteiger partial charge is 0.494 e. The molecule has 2 N–H and O–H groups in total. The van der Waals surface area contributed by atoms with Crippen molar-refractivity contribution in [3.8, 4) is 11.5 Å². The summed E-state index contributed by atoms with van der Waals surface area (Å²) in [4.78, 5) is 23.5. The highest BCUT2D eigenvalue weighted by Crippen LogP contribution is 2.19. The number of nitrogens with one attached hydrogen (secondary N) is 2. The van der Waals surface area contributed by atoms with E-state index in [0.717, 1.165) is 5.75 Å². The molecule has 0 unspecified atom stereocenters. The van der Waals surface area contributed by atoms with Crippen LogP contribution in [-0.4, -0.2) is 38.4 Å². The number of carbonyl (C=O) groups is 2. The van der Waals surface area contributed by atoms with Crippen molar-refractivity contribution in [1.82, 2.24) is 5.32 Å². The van der Waals surface area contributed by atoms with E-state index in [2.05, 4.69) is 10.6 Å². The molecule has 2 aromatic carbocycles. The highest BCUT2D eigenvalue weighted by atomic mass is 16.5. The predicted octanol–water partition coefficient (Wildman–Crippen LogP) is 3.46. The molecule has 2 rings (SSSR count). The highest BCUT2D eigenvalue weighted by molar-refractivity contribution is 5.92. The molecule has 0 aliphatic carbocycles. The fourth-order valence-electron chi connectivity index (χ4n) is 2.23. The van der Waals surface area contributed by atoms with Crippen LogP contribution in [-0.2, 0) is 4.74 Å². The van der Waals surface area contributed by atoms with Gasteiger partial charge in [-0.2, -0.15) is 0 Å². The minimum Gasteiger partial charge on any atom is -0.494 e. The van der Waals surface area contributed by atoms with Crippen molar-refractivity contribution in [1.29, 1.82) is 0 Å². The summed E-state index contributed by atoms with van der Waals surface area (Å²) in [6.45, 7) is 5.24. The number of hydrogen-bond donors (Lipinski definition) is 2. The lowest BCUT2D eigenvalue weighted by Gasteiger charge is -2.10. The van der Waals surface area contributed by atoms with Gasteiger partial charge in [0, 0.05) is 11.8 Å². The number of rotatable bonds is 9. The molecular formula is C20H24N2O5. The van der Waals surface area contributed by atoms with Crippen LogP contribution in [0.2, 0.25) is 0 Å². The SMILES string of the molecule is CCOC(=O)c1ccc(NC(=O)NCCOc2cccc(OCC)c2)cc1. The van der Waals surface area contributed by atoms with E-state index in [1.54, 1.807) is 37.3 Å². The van der Waals surface area contributed by atoms with Crippen LogP contribution in [0.15, 0.2) is 48.5 Å². The lowest BCUT2D eigenvalue weighted by atomic mass is 10.2. The second kappa shape index (κ2) is 10.7.